The van der Waals surface area contributed by atoms with Gasteiger partial charge in [0, 0.05) is 0 Å². The Balaban J connectivity index is 2.44. The smallest absolute Gasteiger partial charge is 0.280 e. The number of carbonyl (C=O) groups is 1. The molecule has 1 rings (SSSR count). The molecular formula is C10H14F2OS. The fraction of sp³-hybridized carbons (Fsp3) is 0.700. The van der Waals surface area contributed by atoms with Crippen molar-refractivity contribution < 1.29 is 13.6 Å². The molecule has 1 nitrogen and oxygen atoms in total. The van der Waals surface area contributed by atoms with E-state index in [1.54, 1.807) is 0 Å². The van der Waals surface area contributed by atoms with Gasteiger partial charge in [0.1, 0.15) is 0 Å². The fourth-order valence-electron chi connectivity index (χ4n) is 1.43. The van der Waals surface area contributed by atoms with E-state index in [0.717, 1.165) is 48.8 Å². The van der Waals surface area contributed by atoms with Crippen LogP contribution in [0.4, 0.5) is 8.78 Å². The van der Waals surface area contributed by atoms with Crippen LogP contribution in [0.25, 0.3) is 0 Å². The van der Waals surface area contributed by atoms with Crippen LogP contribution in [0.3, 0.4) is 0 Å². The van der Waals surface area contributed by atoms with Crippen LogP contribution >= 0.6 is 11.8 Å². The van der Waals surface area contributed by atoms with Gasteiger partial charge in [-0.05, 0) is 30.6 Å². The van der Waals surface area contributed by atoms with Gasteiger partial charge in [0.05, 0.1) is 0 Å². The zero-order chi connectivity index (χ0) is 10.4. The lowest BCUT2D eigenvalue weighted by atomic mass is 10.1. The highest BCUT2D eigenvalue weighted by atomic mass is 32.2. The maximum absolute atomic E-state index is 12.0. The highest BCUT2D eigenvalue weighted by Gasteiger charge is 2.18. The Morgan fingerprint density at radius 3 is 2.71 bits per heavy atom. The number of allylic oxidation sites excluding steroid dienone is 2. The quantitative estimate of drug-likeness (QED) is 0.705. The van der Waals surface area contributed by atoms with Crippen molar-refractivity contribution in [2.75, 3.05) is 0 Å². The summed E-state index contributed by atoms with van der Waals surface area (Å²) in [6, 6.07) is 0. The first-order valence-corrected chi connectivity index (χ1v) is 5.70. The minimum Gasteiger partial charge on any atom is -0.280 e. The van der Waals surface area contributed by atoms with E-state index >= 15 is 0 Å². The van der Waals surface area contributed by atoms with Gasteiger partial charge in [0.25, 0.3) is 5.12 Å². The first kappa shape index (κ1) is 11.7. The van der Waals surface area contributed by atoms with Crippen LogP contribution in [0.15, 0.2) is 11.0 Å². The molecule has 0 spiro atoms. The van der Waals surface area contributed by atoms with Crippen molar-refractivity contribution in [1.82, 2.24) is 0 Å². The zero-order valence-corrected chi connectivity index (χ0v) is 8.79. The van der Waals surface area contributed by atoms with E-state index in [1.807, 2.05) is 6.08 Å². The monoisotopic (exact) mass is 220 g/mol. The third-order valence-corrected chi connectivity index (χ3v) is 3.17. The maximum atomic E-state index is 12.0. The van der Waals surface area contributed by atoms with Crippen molar-refractivity contribution in [2.24, 2.45) is 0 Å². The predicted octanol–water partition coefficient (Wildman–Crippen LogP) is 3.75. The molecule has 0 fully saturated rings. The number of hydrogen-bond donors (Lipinski definition) is 0. The summed E-state index contributed by atoms with van der Waals surface area (Å²) in [6.07, 6.45) is 5.25. The zero-order valence-electron chi connectivity index (χ0n) is 7.97. The Hall–Kier alpha value is -0.380. The van der Waals surface area contributed by atoms with Crippen molar-refractivity contribution in [3.8, 4) is 0 Å². The summed E-state index contributed by atoms with van der Waals surface area (Å²) in [5.74, 6) is 0. The minimum atomic E-state index is -2.84. The lowest BCUT2D eigenvalue weighted by Crippen LogP contribution is -2.05. The molecule has 1 aliphatic rings. The molecule has 0 radical (unpaired) electrons. The normalized spacial score (nSPS) is 18.6. The van der Waals surface area contributed by atoms with E-state index in [-0.39, 0.29) is 0 Å². The number of rotatable bonds is 2. The molecule has 14 heavy (non-hydrogen) atoms. The molecule has 0 N–H and O–H groups in total. The maximum Gasteiger partial charge on any atom is 0.306 e. The van der Waals surface area contributed by atoms with Crippen molar-refractivity contribution in [1.29, 1.82) is 0 Å². The van der Waals surface area contributed by atoms with Gasteiger partial charge in [0.2, 0.25) is 0 Å². The number of halogens is 2. The molecule has 0 heterocycles. The van der Waals surface area contributed by atoms with Crippen molar-refractivity contribution in [3.05, 3.63) is 11.0 Å². The lowest BCUT2D eigenvalue weighted by molar-refractivity contribution is -0.120. The van der Waals surface area contributed by atoms with Gasteiger partial charge in [-0.15, -0.1) is 0 Å². The van der Waals surface area contributed by atoms with Crippen molar-refractivity contribution in [3.63, 3.8) is 0 Å². The second kappa shape index (κ2) is 6.17. The van der Waals surface area contributed by atoms with Crippen LogP contribution in [0, 0.1) is 0 Å². The highest BCUT2D eigenvalue weighted by molar-refractivity contribution is 8.17. The molecule has 0 bridgehead atoms. The van der Waals surface area contributed by atoms with Crippen LogP contribution in [-0.4, -0.2) is 11.5 Å². The second-order valence-corrected chi connectivity index (χ2v) is 4.48. The van der Waals surface area contributed by atoms with Gasteiger partial charge in [-0.25, -0.2) is 8.78 Å². The summed E-state index contributed by atoms with van der Waals surface area (Å²) in [5.41, 5.74) is 0. The van der Waals surface area contributed by atoms with Crippen LogP contribution in [0.1, 0.15) is 38.5 Å². The third-order valence-electron chi connectivity index (χ3n) is 2.16. The molecule has 0 aromatic carbocycles. The summed E-state index contributed by atoms with van der Waals surface area (Å²) in [4.78, 5) is 11.6. The standard InChI is InChI=1S/C10H14F2OS/c11-9(12)10(13)14-8-6-4-2-1-3-5-7-8/h6,9H,1-5,7H2. The average molecular weight is 220 g/mol. The largest absolute Gasteiger partial charge is 0.306 e. The number of hydrogen-bond acceptors (Lipinski definition) is 2. The topological polar surface area (TPSA) is 17.1 Å². The summed E-state index contributed by atoms with van der Waals surface area (Å²) >= 11 is 0.723. The lowest BCUT2D eigenvalue weighted by Gasteiger charge is -2.09. The molecular weight excluding hydrogens is 206 g/mol. The van der Waals surface area contributed by atoms with E-state index in [0.29, 0.717) is 0 Å². The number of carbonyl (C=O) groups excluding carboxylic acids is 1. The van der Waals surface area contributed by atoms with Crippen LogP contribution in [0.2, 0.25) is 0 Å². The van der Waals surface area contributed by atoms with Gasteiger partial charge in [-0.2, -0.15) is 0 Å². The number of alkyl halides is 2. The van der Waals surface area contributed by atoms with Gasteiger partial charge in [-0.1, -0.05) is 30.7 Å². The molecule has 1 aliphatic carbocycles. The molecule has 0 aromatic heterocycles. The molecule has 0 amide bonds. The van der Waals surface area contributed by atoms with E-state index < -0.39 is 11.5 Å². The minimum absolute atomic E-state index is 0.723. The first-order chi connectivity index (χ1) is 6.70. The third kappa shape index (κ3) is 4.22. The molecule has 80 valence electrons. The van der Waals surface area contributed by atoms with Gasteiger partial charge >= 0.3 is 6.43 Å². The van der Waals surface area contributed by atoms with Gasteiger partial charge in [0.15, 0.2) is 0 Å². The fourth-order valence-corrected chi connectivity index (χ4v) is 2.22. The van der Waals surface area contributed by atoms with Crippen LogP contribution in [-0.2, 0) is 4.79 Å². The summed E-state index contributed by atoms with van der Waals surface area (Å²) in [5, 5.41) is -1.02. The molecule has 4 heteroatoms. The predicted molar refractivity (Wildman–Crippen MR) is 54.4 cm³/mol. The molecule has 0 aromatic rings. The Kier molecular flexibility index (Phi) is 5.15. The van der Waals surface area contributed by atoms with E-state index in [1.165, 1.54) is 6.42 Å². The molecule has 0 saturated heterocycles. The highest BCUT2D eigenvalue weighted by Crippen LogP contribution is 2.28. The molecule has 0 atom stereocenters. The SMILES string of the molecule is O=C(SC1=CCCCCCC1)C(F)F. The van der Waals surface area contributed by atoms with Crippen LogP contribution in [0.5, 0.6) is 0 Å². The number of thioether (sulfide) groups is 1. The molecule has 0 aliphatic heterocycles. The molecule has 0 unspecified atom stereocenters. The Labute approximate surface area is 86.9 Å². The van der Waals surface area contributed by atoms with Crippen molar-refractivity contribution in [2.45, 2.75) is 45.0 Å². The van der Waals surface area contributed by atoms with Crippen LogP contribution < -0.4 is 0 Å². The summed E-state index contributed by atoms with van der Waals surface area (Å²) in [7, 11) is 0. The first-order valence-electron chi connectivity index (χ1n) is 4.89. The second-order valence-electron chi connectivity index (χ2n) is 3.35. The van der Waals surface area contributed by atoms with Gasteiger partial charge < -0.3 is 0 Å². The van der Waals surface area contributed by atoms with E-state index in [9.17, 15) is 13.6 Å². The van der Waals surface area contributed by atoms with E-state index in [4.69, 9.17) is 0 Å². The van der Waals surface area contributed by atoms with Gasteiger partial charge in [-0.3, -0.25) is 4.79 Å². The van der Waals surface area contributed by atoms with E-state index in [2.05, 4.69) is 0 Å². The Bertz CT molecular complexity index is 226. The van der Waals surface area contributed by atoms with Crippen molar-refractivity contribution >= 4 is 16.9 Å². The molecule has 0 saturated carbocycles. The Morgan fingerprint density at radius 1 is 1.29 bits per heavy atom. The summed E-state index contributed by atoms with van der Waals surface area (Å²) < 4.78 is 23.9. The average Bonchev–Trinajstić information content (AvgIpc) is 2.08. The Morgan fingerprint density at radius 2 is 2.00 bits per heavy atom. The summed E-state index contributed by atoms with van der Waals surface area (Å²) in [6.45, 7) is 0.